The molecule has 0 aliphatic carbocycles. The molecule has 23 heavy (non-hydrogen) atoms. The van der Waals surface area contributed by atoms with Gasteiger partial charge in [0.1, 0.15) is 0 Å². The second-order valence-corrected chi connectivity index (χ2v) is 7.78. The quantitative estimate of drug-likeness (QED) is 0.666. The molecule has 1 N–H and O–H groups in total. The summed E-state index contributed by atoms with van der Waals surface area (Å²) in [6.07, 6.45) is -4.64. The molecule has 0 heterocycles. The lowest BCUT2D eigenvalue weighted by Crippen LogP contribution is -2.14. The molecule has 0 aromatic heterocycles. The summed E-state index contributed by atoms with van der Waals surface area (Å²) in [6.45, 7) is 0. The van der Waals surface area contributed by atoms with Gasteiger partial charge in [-0.1, -0.05) is 39.1 Å². The van der Waals surface area contributed by atoms with Crippen LogP contribution >= 0.6 is 39.1 Å². The van der Waals surface area contributed by atoms with Crippen LogP contribution in [0.25, 0.3) is 0 Å². The van der Waals surface area contributed by atoms with E-state index >= 15 is 0 Å². The van der Waals surface area contributed by atoms with Crippen LogP contribution in [0.4, 0.5) is 18.9 Å². The van der Waals surface area contributed by atoms with Crippen molar-refractivity contribution in [2.24, 2.45) is 0 Å². The van der Waals surface area contributed by atoms with Gasteiger partial charge in [0.15, 0.2) is 0 Å². The summed E-state index contributed by atoms with van der Waals surface area (Å²) in [6, 6.07) is 6.85. The molecule has 0 aliphatic heterocycles. The Labute approximate surface area is 148 Å². The van der Waals surface area contributed by atoms with E-state index in [2.05, 4.69) is 20.7 Å². The Balaban J connectivity index is 2.42. The Kier molecular flexibility index (Phi) is 5.20. The Bertz CT molecular complexity index is 816. The Morgan fingerprint density at radius 2 is 1.48 bits per heavy atom. The van der Waals surface area contributed by atoms with Crippen LogP contribution in [0.2, 0.25) is 10.0 Å². The van der Waals surface area contributed by atoms with Crippen LogP contribution in [0.15, 0.2) is 45.8 Å². The van der Waals surface area contributed by atoms with E-state index in [4.69, 9.17) is 23.2 Å². The van der Waals surface area contributed by atoms with Gasteiger partial charge in [-0.25, -0.2) is 8.42 Å². The number of halogens is 6. The van der Waals surface area contributed by atoms with E-state index in [0.29, 0.717) is 16.6 Å². The normalized spacial score (nSPS) is 12.3. The zero-order valence-corrected chi connectivity index (χ0v) is 14.9. The van der Waals surface area contributed by atoms with Crippen LogP contribution in [0.1, 0.15) is 5.56 Å². The van der Waals surface area contributed by atoms with E-state index in [1.165, 1.54) is 24.3 Å². The molecule has 2 rings (SSSR count). The molecule has 2 aromatic carbocycles. The number of anilines is 1. The predicted molar refractivity (Wildman–Crippen MR) is 86.4 cm³/mol. The second kappa shape index (κ2) is 6.51. The van der Waals surface area contributed by atoms with Gasteiger partial charge in [0, 0.05) is 4.47 Å². The second-order valence-electron chi connectivity index (χ2n) is 4.37. The summed E-state index contributed by atoms with van der Waals surface area (Å²) in [5.74, 6) is 0. The van der Waals surface area contributed by atoms with Crippen molar-refractivity contribution in [1.29, 1.82) is 0 Å². The topological polar surface area (TPSA) is 46.2 Å². The monoisotopic (exact) mass is 447 g/mol. The SMILES string of the molecule is O=S(=O)(Nc1c(Cl)cc(C(F)(F)F)cc1Cl)c1ccc(Br)cc1. The van der Waals surface area contributed by atoms with Gasteiger partial charge >= 0.3 is 6.18 Å². The van der Waals surface area contributed by atoms with Gasteiger partial charge in [-0.3, -0.25) is 4.72 Å². The van der Waals surface area contributed by atoms with Crippen molar-refractivity contribution in [2.45, 2.75) is 11.1 Å². The van der Waals surface area contributed by atoms with Crippen LogP contribution in [0, 0.1) is 0 Å². The molecule has 0 spiro atoms. The molecule has 0 fully saturated rings. The van der Waals surface area contributed by atoms with E-state index in [1.54, 1.807) is 0 Å². The highest BCUT2D eigenvalue weighted by molar-refractivity contribution is 9.10. The van der Waals surface area contributed by atoms with Crippen LogP contribution in [0.3, 0.4) is 0 Å². The molecule has 10 heteroatoms. The van der Waals surface area contributed by atoms with Crippen molar-refractivity contribution < 1.29 is 21.6 Å². The summed E-state index contributed by atoms with van der Waals surface area (Å²) >= 11 is 14.6. The number of hydrogen-bond donors (Lipinski definition) is 1. The fourth-order valence-corrected chi connectivity index (χ4v) is 3.70. The first kappa shape index (κ1) is 18.4. The first-order chi connectivity index (χ1) is 10.5. The standard InChI is InChI=1S/C13H7BrCl2F3NO2S/c14-8-1-3-9(4-2-8)23(21,22)20-12-10(15)5-7(6-11(12)16)13(17,18)19/h1-6,20H. The Morgan fingerprint density at radius 3 is 1.91 bits per heavy atom. The fraction of sp³-hybridized carbons (Fsp3) is 0.0769. The summed E-state index contributed by atoms with van der Waals surface area (Å²) in [5, 5.41) is -0.906. The number of hydrogen-bond acceptors (Lipinski definition) is 2. The number of benzene rings is 2. The molecule has 0 unspecified atom stereocenters. The van der Waals surface area contributed by atoms with E-state index in [1.807, 2.05) is 0 Å². The third-order valence-electron chi connectivity index (χ3n) is 2.73. The minimum Gasteiger partial charge on any atom is -0.277 e. The van der Waals surface area contributed by atoms with E-state index in [0.717, 1.165) is 0 Å². The zero-order valence-electron chi connectivity index (χ0n) is 11.0. The average molecular weight is 449 g/mol. The molecule has 0 aliphatic rings. The minimum absolute atomic E-state index is 0.0901. The van der Waals surface area contributed by atoms with Gasteiger partial charge < -0.3 is 0 Å². The van der Waals surface area contributed by atoms with Crippen molar-refractivity contribution >= 4 is 54.8 Å². The average Bonchev–Trinajstić information content (AvgIpc) is 2.42. The molecule has 0 atom stereocenters. The largest absolute Gasteiger partial charge is 0.416 e. The molecule has 2 aromatic rings. The summed E-state index contributed by atoms with van der Waals surface area (Å²) in [5.41, 5.74) is -1.39. The molecule has 0 saturated carbocycles. The summed E-state index contributed by atoms with van der Waals surface area (Å²) in [4.78, 5) is -0.0901. The van der Waals surface area contributed by atoms with Crippen LogP contribution in [-0.4, -0.2) is 8.42 Å². The van der Waals surface area contributed by atoms with Gasteiger partial charge in [-0.2, -0.15) is 13.2 Å². The highest BCUT2D eigenvalue weighted by Crippen LogP contribution is 2.39. The third kappa shape index (κ3) is 4.32. The van der Waals surface area contributed by atoms with Gasteiger partial charge in [0.05, 0.1) is 26.2 Å². The van der Waals surface area contributed by atoms with Gasteiger partial charge in [0.25, 0.3) is 10.0 Å². The summed E-state index contributed by atoms with van der Waals surface area (Å²) in [7, 11) is -4.04. The molecular weight excluding hydrogens is 442 g/mol. The van der Waals surface area contributed by atoms with Crippen LogP contribution in [-0.2, 0) is 16.2 Å². The fourth-order valence-electron chi connectivity index (χ4n) is 1.64. The van der Waals surface area contributed by atoms with Crippen LogP contribution < -0.4 is 4.72 Å². The van der Waals surface area contributed by atoms with Crippen molar-refractivity contribution in [1.82, 2.24) is 0 Å². The lowest BCUT2D eigenvalue weighted by molar-refractivity contribution is -0.137. The Hall–Kier alpha value is -0.960. The number of sulfonamides is 1. The van der Waals surface area contributed by atoms with Crippen molar-refractivity contribution in [3.63, 3.8) is 0 Å². The number of nitrogens with one attached hydrogen (secondary N) is 1. The van der Waals surface area contributed by atoms with Gasteiger partial charge in [0.2, 0.25) is 0 Å². The maximum Gasteiger partial charge on any atom is 0.416 e. The van der Waals surface area contributed by atoms with E-state index in [9.17, 15) is 21.6 Å². The highest BCUT2D eigenvalue weighted by Gasteiger charge is 2.32. The first-order valence-electron chi connectivity index (χ1n) is 5.85. The molecule has 0 amide bonds. The number of rotatable bonds is 3. The van der Waals surface area contributed by atoms with Crippen LogP contribution in [0.5, 0.6) is 0 Å². The molecule has 0 saturated heterocycles. The molecule has 3 nitrogen and oxygen atoms in total. The molecule has 124 valence electrons. The highest BCUT2D eigenvalue weighted by atomic mass is 79.9. The Morgan fingerprint density at radius 1 is 1.00 bits per heavy atom. The van der Waals surface area contributed by atoms with E-state index < -0.39 is 31.8 Å². The maximum atomic E-state index is 12.7. The maximum absolute atomic E-state index is 12.7. The molecule has 0 radical (unpaired) electrons. The lowest BCUT2D eigenvalue weighted by Gasteiger charge is -2.14. The van der Waals surface area contributed by atoms with Crippen molar-refractivity contribution in [3.8, 4) is 0 Å². The van der Waals surface area contributed by atoms with E-state index in [-0.39, 0.29) is 10.6 Å². The van der Waals surface area contributed by atoms with Crippen molar-refractivity contribution in [3.05, 3.63) is 56.5 Å². The van der Waals surface area contributed by atoms with Gasteiger partial charge in [-0.15, -0.1) is 0 Å². The summed E-state index contributed by atoms with van der Waals surface area (Å²) < 4.78 is 65.2. The minimum atomic E-state index is -4.64. The lowest BCUT2D eigenvalue weighted by atomic mass is 10.2. The zero-order chi connectivity index (χ0) is 17.4. The van der Waals surface area contributed by atoms with Gasteiger partial charge in [-0.05, 0) is 36.4 Å². The molecular formula is C13H7BrCl2F3NO2S. The predicted octanol–water partition coefficient (Wildman–Crippen LogP) is 5.58. The third-order valence-corrected chi connectivity index (χ3v) is 5.22. The number of alkyl halides is 3. The molecule has 0 bridgehead atoms. The smallest absolute Gasteiger partial charge is 0.277 e. The van der Waals surface area contributed by atoms with Crippen molar-refractivity contribution in [2.75, 3.05) is 4.72 Å². The first-order valence-corrected chi connectivity index (χ1v) is 8.88.